The van der Waals surface area contributed by atoms with Crippen LogP contribution in [0, 0.1) is 5.41 Å². The van der Waals surface area contributed by atoms with Crippen molar-refractivity contribution in [2.75, 3.05) is 11.9 Å². The van der Waals surface area contributed by atoms with E-state index in [2.05, 4.69) is 23.9 Å². The van der Waals surface area contributed by atoms with Crippen LogP contribution in [0.5, 0.6) is 0 Å². The molecule has 1 fully saturated rings. The van der Waals surface area contributed by atoms with Crippen LogP contribution in [-0.2, 0) is 16.4 Å². The molecule has 0 aromatic heterocycles. The number of sulfonamides is 1. The summed E-state index contributed by atoms with van der Waals surface area (Å²) in [5.41, 5.74) is 2.39. The molecule has 21 heavy (non-hydrogen) atoms. The Morgan fingerprint density at radius 1 is 1.33 bits per heavy atom. The Balaban J connectivity index is 1.78. The third kappa shape index (κ3) is 3.24. The van der Waals surface area contributed by atoms with Crippen LogP contribution in [0.4, 0.5) is 5.69 Å². The van der Waals surface area contributed by atoms with E-state index < -0.39 is 10.0 Å². The molecule has 0 amide bonds. The van der Waals surface area contributed by atoms with E-state index in [-0.39, 0.29) is 11.5 Å². The van der Waals surface area contributed by atoms with Crippen LogP contribution < -0.4 is 10.0 Å². The minimum atomic E-state index is -3.41. The van der Waals surface area contributed by atoms with Crippen LogP contribution >= 0.6 is 0 Å². The summed E-state index contributed by atoms with van der Waals surface area (Å²) < 4.78 is 28.1. The lowest BCUT2D eigenvalue weighted by Crippen LogP contribution is -2.40. The predicted octanol–water partition coefficient (Wildman–Crippen LogP) is 2.90. The van der Waals surface area contributed by atoms with Gasteiger partial charge in [0.2, 0.25) is 10.0 Å². The van der Waals surface area contributed by atoms with Crippen LogP contribution in [0.15, 0.2) is 23.1 Å². The number of hydrogen-bond donors (Lipinski definition) is 2. The quantitative estimate of drug-likeness (QED) is 0.902. The molecule has 116 valence electrons. The molecule has 1 aliphatic carbocycles. The van der Waals surface area contributed by atoms with E-state index >= 15 is 0 Å². The van der Waals surface area contributed by atoms with Gasteiger partial charge in [0.1, 0.15) is 0 Å². The molecule has 4 nitrogen and oxygen atoms in total. The fraction of sp³-hybridized carbons (Fsp3) is 0.625. The number of rotatable bonds is 3. The van der Waals surface area contributed by atoms with E-state index in [1.807, 2.05) is 12.1 Å². The third-order valence-corrected chi connectivity index (χ3v) is 6.14. The van der Waals surface area contributed by atoms with Crippen LogP contribution in [0.3, 0.4) is 0 Å². The molecule has 1 saturated carbocycles. The fourth-order valence-electron chi connectivity index (χ4n) is 3.53. The Morgan fingerprint density at radius 2 is 2.14 bits per heavy atom. The molecule has 1 aromatic carbocycles. The highest BCUT2D eigenvalue weighted by Crippen LogP contribution is 2.35. The average molecular weight is 308 g/mol. The maximum absolute atomic E-state index is 12.6. The molecular formula is C16H24N2O2S. The number of nitrogens with one attached hydrogen (secondary N) is 2. The van der Waals surface area contributed by atoms with Gasteiger partial charge in [0.25, 0.3) is 0 Å². The van der Waals surface area contributed by atoms with Gasteiger partial charge < -0.3 is 5.32 Å². The van der Waals surface area contributed by atoms with Crippen molar-refractivity contribution < 1.29 is 8.42 Å². The smallest absolute Gasteiger partial charge is 0.240 e. The summed E-state index contributed by atoms with van der Waals surface area (Å²) in [7, 11) is -3.41. The highest BCUT2D eigenvalue weighted by Gasteiger charge is 2.31. The lowest BCUT2D eigenvalue weighted by Gasteiger charge is -2.35. The molecule has 2 N–H and O–H groups in total. The van der Waals surface area contributed by atoms with Gasteiger partial charge in [-0.3, -0.25) is 0 Å². The molecular weight excluding hydrogens is 284 g/mol. The first-order chi connectivity index (χ1) is 9.86. The first-order valence-electron chi connectivity index (χ1n) is 7.75. The third-order valence-electron chi connectivity index (χ3n) is 4.62. The molecule has 1 atom stereocenters. The maximum Gasteiger partial charge on any atom is 0.240 e. The van der Waals surface area contributed by atoms with Crippen molar-refractivity contribution in [3.63, 3.8) is 0 Å². The van der Waals surface area contributed by atoms with E-state index in [0.717, 1.165) is 43.5 Å². The van der Waals surface area contributed by atoms with Gasteiger partial charge in [-0.25, -0.2) is 13.1 Å². The second kappa shape index (κ2) is 5.29. The SMILES string of the molecule is CC1(C)CCCC(NS(=O)(=O)c2ccc3c(c2)CCN3)C1. The van der Waals surface area contributed by atoms with Gasteiger partial charge in [0, 0.05) is 18.3 Å². The molecule has 1 unspecified atom stereocenters. The van der Waals surface area contributed by atoms with Gasteiger partial charge in [0.15, 0.2) is 0 Å². The van der Waals surface area contributed by atoms with Crippen LogP contribution in [0.2, 0.25) is 0 Å². The molecule has 3 rings (SSSR count). The summed E-state index contributed by atoms with van der Waals surface area (Å²) >= 11 is 0. The molecule has 5 heteroatoms. The van der Waals surface area contributed by atoms with E-state index in [4.69, 9.17) is 0 Å². The van der Waals surface area contributed by atoms with Crippen molar-refractivity contribution in [3.05, 3.63) is 23.8 Å². The van der Waals surface area contributed by atoms with Crippen LogP contribution in [-0.4, -0.2) is 21.0 Å². The molecule has 1 aliphatic heterocycles. The monoisotopic (exact) mass is 308 g/mol. The van der Waals surface area contributed by atoms with Crippen molar-refractivity contribution in [2.24, 2.45) is 5.41 Å². The van der Waals surface area contributed by atoms with Crippen molar-refractivity contribution in [3.8, 4) is 0 Å². The molecule has 1 aromatic rings. The largest absolute Gasteiger partial charge is 0.384 e. The summed E-state index contributed by atoms with van der Waals surface area (Å²) in [4.78, 5) is 0.397. The predicted molar refractivity (Wildman–Crippen MR) is 85.0 cm³/mol. The Hall–Kier alpha value is -1.07. The van der Waals surface area contributed by atoms with Gasteiger partial charge in [-0.05, 0) is 54.9 Å². The highest BCUT2D eigenvalue weighted by molar-refractivity contribution is 7.89. The van der Waals surface area contributed by atoms with Gasteiger partial charge >= 0.3 is 0 Å². The average Bonchev–Trinajstić information content (AvgIpc) is 2.83. The van der Waals surface area contributed by atoms with Crippen molar-refractivity contribution in [1.82, 2.24) is 4.72 Å². The second-order valence-corrected chi connectivity index (χ2v) is 8.79. The van der Waals surface area contributed by atoms with E-state index in [1.165, 1.54) is 6.42 Å². The zero-order chi connectivity index (χ0) is 15.1. The van der Waals surface area contributed by atoms with Gasteiger partial charge in [0.05, 0.1) is 4.90 Å². The van der Waals surface area contributed by atoms with Gasteiger partial charge in [-0.2, -0.15) is 0 Å². The number of anilines is 1. The molecule has 1 heterocycles. The fourth-order valence-corrected chi connectivity index (χ4v) is 4.86. The first kappa shape index (κ1) is 14.9. The van der Waals surface area contributed by atoms with E-state index in [9.17, 15) is 8.42 Å². The summed E-state index contributed by atoms with van der Waals surface area (Å²) in [6.45, 7) is 5.33. The van der Waals surface area contributed by atoms with Crippen LogP contribution in [0.1, 0.15) is 45.1 Å². The Morgan fingerprint density at radius 3 is 2.90 bits per heavy atom. The molecule has 0 spiro atoms. The summed E-state index contributed by atoms with van der Waals surface area (Å²) in [6, 6.07) is 5.45. The molecule has 0 bridgehead atoms. The van der Waals surface area contributed by atoms with Crippen LogP contribution in [0.25, 0.3) is 0 Å². The van der Waals surface area contributed by atoms with Crippen molar-refractivity contribution in [1.29, 1.82) is 0 Å². The highest BCUT2D eigenvalue weighted by atomic mass is 32.2. The van der Waals surface area contributed by atoms with Crippen molar-refractivity contribution in [2.45, 2.75) is 56.9 Å². The zero-order valence-electron chi connectivity index (χ0n) is 12.8. The number of fused-ring (bicyclic) bond motifs is 1. The van der Waals surface area contributed by atoms with Gasteiger partial charge in [-0.15, -0.1) is 0 Å². The standard InChI is InChI=1S/C16H24N2O2S/c1-16(2)8-3-4-13(11-16)18-21(19,20)14-5-6-15-12(10-14)7-9-17-15/h5-6,10,13,17-18H,3-4,7-9,11H2,1-2H3. The molecule has 0 saturated heterocycles. The number of benzene rings is 1. The topological polar surface area (TPSA) is 58.2 Å². The lowest BCUT2D eigenvalue weighted by molar-refractivity contribution is 0.212. The summed E-state index contributed by atoms with van der Waals surface area (Å²) in [5.74, 6) is 0. The first-order valence-corrected chi connectivity index (χ1v) is 9.23. The zero-order valence-corrected chi connectivity index (χ0v) is 13.6. The Kier molecular flexibility index (Phi) is 3.74. The van der Waals surface area contributed by atoms with Gasteiger partial charge in [-0.1, -0.05) is 20.3 Å². The Labute approximate surface area is 127 Å². The summed E-state index contributed by atoms with van der Waals surface area (Å²) in [5, 5.41) is 3.26. The summed E-state index contributed by atoms with van der Waals surface area (Å²) in [6.07, 6.45) is 5.02. The minimum Gasteiger partial charge on any atom is -0.384 e. The molecule has 2 aliphatic rings. The normalized spacial score (nSPS) is 24.4. The van der Waals surface area contributed by atoms with E-state index in [1.54, 1.807) is 6.07 Å². The lowest BCUT2D eigenvalue weighted by atomic mass is 9.75. The van der Waals surface area contributed by atoms with E-state index in [0.29, 0.717) is 4.90 Å². The Bertz CT molecular complexity index is 638. The van der Waals surface area contributed by atoms with Crippen molar-refractivity contribution >= 4 is 15.7 Å². The second-order valence-electron chi connectivity index (χ2n) is 7.07. The molecule has 0 radical (unpaired) electrons. The minimum absolute atomic E-state index is 0.0603. The number of hydrogen-bond acceptors (Lipinski definition) is 3. The maximum atomic E-state index is 12.6.